The molecular weight excluding hydrogens is 462 g/mol. The third-order valence-corrected chi connectivity index (χ3v) is 5.99. The number of nitrogens with zero attached hydrogens (tertiary/aromatic N) is 1. The van der Waals surface area contributed by atoms with E-state index in [1.807, 2.05) is 24.3 Å². The number of non-ortho nitro benzene ring substituents is 1. The highest BCUT2D eigenvalue weighted by molar-refractivity contribution is 6.34. The van der Waals surface area contributed by atoms with Gasteiger partial charge in [-0.25, -0.2) is 4.79 Å². The van der Waals surface area contributed by atoms with Crippen LogP contribution < -0.4 is 10.6 Å². The summed E-state index contributed by atoms with van der Waals surface area (Å²) >= 11 is 6.02. The van der Waals surface area contributed by atoms with Crippen LogP contribution in [0.5, 0.6) is 0 Å². The van der Waals surface area contributed by atoms with Crippen molar-refractivity contribution in [3.05, 3.63) is 74.3 Å². The number of rotatable bonds is 8. The fourth-order valence-corrected chi connectivity index (χ4v) is 4.09. The minimum atomic E-state index is -1.08. The minimum absolute atomic E-state index is 0.00566. The Morgan fingerprint density at radius 2 is 1.94 bits per heavy atom. The lowest BCUT2D eigenvalue weighted by Gasteiger charge is -2.26. The number of fused-ring (bicyclic) bond motifs is 1. The van der Waals surface area contributed by atoms with Gasteiger partial charge in [-0.15, -0.1) is 0 Å². The molecule has 2 aromatic carbocycles. The van der Waals surface area contributed by atoms with E-state index in [9.17, 15) is 24.5 Å². The summed E-state index contributed by atoms with van der Waals surface area (Å²) in [6, 6.07) is 10.1. The Labute approximate surface area is 202 Å². The number of carbonyl (C=O) groups is 3. The van der Waals surface area contributed by atoms with Gasteiger partial charge in [0, 0.05) is 12.1 Å². The predicted molar refractivity (Wildman–Crippen MR) is 125 cm³/mol. The molecule has 2 atom stereocenters. The second-order valence-corrected chi connectivity index (χ2v) is 8.84. The second kappa shape index (κ2) is 11.1. The minimum Gasteiger partial charge on any atom is -0.454 e. The highest BCUT2D eigenvalue weighted by Crippen LogP contribution is 2.29. The van der Waals surface area contributed by atoms with Gasteiger partial charge in [-0.2, -0.15) is 0 Å². The number of amides is 2. The first-order valence-electron chi connectivity index (χ1n) is 11.0. The standard InChI is InChI=1S/C24H26ClN3O6/c1-14(2)22(27-23(30)18-12-16(28(32)33)10-11-19(18)25)24(31)34-13-21(29)26-20-9-5-7-15-6-3-4-8-17(15)20/h3-4,6,8,10-12,14,20,22H,5,7,9,13H2,1-2H3,(H,26,29)(H,27,30)/t20-,22+/m0/s1. The lowest BCUT2D eigenvalue weighted by atomic mass is 9.88. The fraction of sp³-hybridized carbons (Fsp3) is 0.375. The Morgan fingerprint density at radius 3 is 2.65 bits per heavy atom. The first-order valence-corrected chi connectivity index (χ1v) is 11.3. The lowest BCUT2D eigenvalue weighted by molar-refractivity contribution is -0.384. The SMILES string of the molecule is CC(C)[C@@H](NC(=O)c1cc([N+](=O)[O-])ccc1Cl)C(=O)OCC(=O)N[C@H]1CCCc2ccccc21. The third-order valence-electron chi connectivity index (χ3n) is 5.66. The van der Waals surface area contributed by atoms with Crippen LogP contribution in [0, 0.1) is 16.0 Å². The van der Waals surface area contributed by atoms with Crippen LogP contribution in [0.2, 0.25) is 5.02 Å². The summed E-state index contributed by atoms with van der Waals surface area (Å²) in [7, 11) is 0. The summed E-state index contributed by atoms with van der Waals surface area (Å²) in [5.74, 6) is -2.36. The van der Waals surface area contributed by atoms with Crippen LogP contribution in [0.25, 0.3) is 0 Å². The molecule has 1 aliphatic carbocycles. The normalized spacial score (nSPS) is 15.7. The Balaban J connectivity index is 1.60. The highest BCUT2D eigenvalue weighted by Gasteiger charge is 2.29. The molecule has 0 saturated carbocycles. The van der Waals surface area contributed by atoms with E-state index in [4.69, 9.17) is 16.3 Å². The maximum atomic E-state index is 12.7. The number of hydrogen-bond donors (Lipinski definition) is 2. The molecule has 0 unspecified atom stereocenters. The zero-order chi connectivity index (χ0) is 24.8. The molecule has 2 N–H and O–H groups in total. The van der Waals surface area contributed by atoms with E-state index in [1.165, 1.54) is 17.7 Å². The van der Waals surface area contributed by atoms with Crippen molar-refractivity contribution in [2.75, 3.05) is 6.61 Å². The lowest BCUT2D eigenvalue weighted by Crippen LogP contribution is -2.46. The van der Waals surface area contributed by atoms with E-state index in [-0.39, 0.29) is 28.2 Å². The molecule has 0 heterocycles. The van der Waals surface area contributed by atoms with Gasteiger partial charge in [0.1, 0.15) is 6.04 Å². The monoisotopic (exact) mass is 487 g/mol. The molecule has 0 bridgehead atoms. The average Bonchev–Trinajstić information content (AvgIpc) is 2.81. The first kappa shape index (κ1) is 25.2. The number of nitrogens with one attached hydrogen (secondary N) is 2. The van der Waals surface area contributed by atoms with Crippen LogP contribution in [0.1, 0.15) is 54.2 Å². The van der Waals surface area contributed by atoms with Crippen molar-refractivity contribution in [2.24, 2.45) is 5.92 Å². The molecule has 0 radical (unpaired) electrons. The summed E-state index contributed by atoms with van der Waals surface area (Å²) in [6.45, 7) is 2.90. The number of benzene rings is 2. The number of aryl methyl sites for hydroxylation is 1. The van der Waals surface area contributed by atoms with Gasteiger partial charge in [0.2, 0.25) is 0 Å². The summed E-state index contributed by atoms with van der Waals surface area (Å²) < 4.78 is 5.18. The van der Waals surface area contributed by atoms with Gasteiger partial charge < -0.3 is 15.4 Å². The molecule has 2 amide bonds. The molecule has 34 heavy (non-hydrogen) atoms. The smallest absolute Gasteiger partial charge is 0.329 e. The zero-order valence-corrected chi connectivity index (χ0v) is 19.6. The van der Waals surface area contributed by atoms with E-state index in [1.54, 1.807) is 13.8 Å². The molecule has 0 aliphatic heterocycles. The number of nitro groups is 1. The summed E-state index contributed by atoms with van der Waals surface area (Å²) in [6.07, 6.45) is 2.71. The highest BCUT2D eigenvalue weighted by atomic mass is 35.5. The number of hydrogen-bond acceptors (Lipinski definition) is 6. The molecule has 180 valence electrons. The van der Waals surface area contributed by atoms with E-state index in [2.05, 4.69) is 10.6 Å². The van der Waals surface area contributed by atoms with Crippen molar-refractivity contribution in [2.45, 2.75) is 45.2 Å². The Hall–Kier alpha value is -3.46. The van der Waals surface area contributed by atoms with Crippen LogP contribution in [0.15, 0.2) is 42.5 Å². The van der Waals surface area contributed by atoms with E-state index in [0.717, 1.165) is 30.9 Å². The van der Waals surface area contributed by atoms with Gasteiger partial charge in [0.05, 0.1) is 21.6 Å². The number of halogens is 1. The number of esters is 1. The second-order valence-electron chi connectivity index (χ2n) is 8.44. The van der Waals surface area contributed by atoms with E-state index in [0.29, 0.717) is 0 Å². The van der Waals surface area contributed by atoms with Crippen molar-refractivity contribution in [3.63, 3.8) is 0 Å². The van der Waals surface area contributed by atoms with Crippen molar-refractivity contribution in [3.8, 4) is 0 Å². The molecule has 0 spiro atoms. The van der Waals surface area contributed by atoms with E-state index >= 15 is 0 Å². The Kier molecular flexibility index (Phi) is 8.22. The van der Waals surface area contributed by atoms with Crippen LogP contribution in [0.3, 0.4) is 0 Å². The molecule has 3 rings (SSSR count). The molecule has 0 aromatic heterocycles. The largest absolute Gasteiger partial charge is 0.454 e. The van der Waals surface area contributed by atoms with Crippen molar-refractivity contribution in [1.29, 1.82) is 0 Å². The average molecular weight is 488 g/mol. The summed E-state index contributed by atoms with van der Waals surface area (Å²) in [5, 5.41) is 16.4. The quantitative estimate of drug-likeness (QED) is 0.331. The maximum absolute atomic E-state index is 12.7. The molecule has 1 aliphatic rings. The van der Waals surface area contributed by atoms with Crippen LogP contribution in [0.4, 0.5) is 5.69 Å². The van der Waals surface area contributed by atoms with Crippen molar-refractivity contribution >= 4 is 35.1 Å². The van der Waals surface area contributed by atoms with Gasteiger partial charge in [0.25, 0.3) is 17.5 Å². The van der Waals surface area contributed by atoms with Crippen LogP contribution in [-0.2, 0) is 20.7 Å². The van der Waals surface area contributed by atoms with Gasteiger partial charge >= 0.3 is 5.97 Å². The Bertz CT molecular complexity index is 1100. The molecule has 10 heteroatoms. The first-order chi connectivity index (χ1) is 16.2. The summed E-state index contributed by atoms with van der Waals surface area (Å²) in [5.41, 5.74) is 1.82. The zero-order valence-electron chi connectivity index (χ0n) is 18.9. The van der Waals surface area contributed by atoms with Crippen LogP contribution in [-0.4, -0.2) is 35.4 Å². The maximum Gasteiger partial charge on any atom is 0.329 e. The van der Waals surface area contributed by atoms with Crippen LogP contribution >= 0.6 is 11.6 Å². The topological polar surface area (TPSA) is 128 Å². The number of ether oxygens (including phenoxy) is 1. The van der Waals surface area contributed by atoms with E-state index < -0.39 is 35.4 Å². The number of carbonyl (C=O) groups excluding carboxylic acids is 3. The predicted octanol–water partition coefficient (Wildman–Crippen LogP) is 3.74. The molecule has 0 fully saturated rings. The molecule has 9 nitrogen and oxygen atoms in total. The van der Waals surface area contributed by atoms with Crippen molar-refractivity contribution in [1.82, 2.24) is 10.6 Å². The van der Waals surface area contributed by atoms with Gasteiger partial charge in [-0.3, -0.25) is 19.7 Å². The van der Waals surface area contributed by atoms with Gasteiger partial charge in [-0.05, 0) is 42.4 Å². The molecule has 0 saturated heterocycles. The third kappa shape index (κ3) is 6.11. The fourth-order valence-electron chi connectivity index (χ4n) is 3.88. The van der Waals surface area contributed by atoms with Gasteiger partial charge in [0.15, 0.2) is 6.61 Å². The number of nitro benzene ring substituents is 1. The summed E-state index contributed by atoms with van der Waals surface area (Å²) in [4.78, 5) is 48.1. The van der Waals surface area contributed by atoms with Crippen molar-refractivity contribution < 1.29 is 24.0 Å². The molecule has 2 aromatic rings. The van der Waals surface area contributed by atoms with Gasteiger partial charge in [-0.1, -0.05) is 49.7 Å². The Morgan fingerprint density at radius 1 is 1.21 bits per heavy atom. The molecular formula is C24H26ClN3O6.